The minimum Gasteiger partial charge on any atom is -0.490 e. The molecule has 0 aromatic heterocycles. The Kier molecular flexibility index (Phi) is 6.20. The van der Waals surface area contributed by atoms with Crippen LogP contribution in [0.2, 0.25) is 0 Å². The van der Waals surface area contributed by atoms with Gasteiger partial charge in [0.25, 0.3) is 0 Å². The largest absolute Gasteiger partial charge is 0.490 e. The van der Waals surface area contributed by atoms with Gasteiger partial charge in [-0.25, -0.2) is 0 Å². The highest BCUT2D eigenvalue weighted by Crippen LogP contribution is 2.39. The first-order valence-electron chi connectivity index (χ1n) is 9.75. The molecule has 0 radical (unpaired) electrons. The number of ether oxygens (including phenoxy) is 2. The van der Waals surface area contributed by atoms with Gasteiger partial charge in [0, 0.05) is 11.1 Å². The van der Waals surface area contributed by atoms with Crippen LogP contribution in [0, 0.1) is 0 Å². The van der Waals surface area contributed by atoms with Gasteiger partial charge in [-0.2, -0.15) is 0 Å². The Hall–Kier alpha value is -2.59. The van der Waals surface area contributed by atoms with E-state index < -0.39 is 0 Å². The second kappa shape index (κ2) is 8.61. The molecule has 0 bridgehead atoms. The Bertz CT molecular complexity index is 876. The minimum atomic E-state index is -0.346. The predicted octanol–water partition coefficient (Wildman–Crippen LogP) is 5.59. The van der Waals surface area contributed by atoms with Crippen molar-refractivity contribution in [2.75, 3.05) is 13.2 Å². The van der Waals surface area contributed by atoms with Crippen LogP contribution >= 0.6 is 0 Å². The number of rotatable bonds is 7. The molecule has 4 nitrogen and oxygen atoms in total. The van der Waals surface area contributed by atoms with Crippen molar-refractivity contribution in [1.29, 1.82) is 0 Å². The fourth-order valence-corrected chi connectivity index (χ4v) is 2.92. The van der Waals surface area contributed by atoms with Crippen molar-refractivity contribution in [3.63, 3.8) is 0 Å². The molecule has 28 heavy (non-hydrogen) atoms. The van der Waals surface area contributed by atoms with Crippen LogP contribution in [0.5, 0.6) is 5.75 Å². The van der Waals surface area contributed by atoms with Crippen LogP contribution < -0.4 is 4.74 Å². The summed E-state index contributed by atoms with van der Waals surface area (Å²) in [4.78, 5) is 5.73. The predicted molar refractivity (Wildman–Crippen MR) is 114 cm³/mol. The first kappa shape index (κ1) is 20.2. The lowest BCUT2D eigenvalue weighted by Crippen LogP contribution is -2.17. The average Bonchev–Trinajstić information content (AvgIpc) is 2.95. The number of benzene rings is 2. The van der Waals surface area contributed by atoms with Crippen LogP contribution in [0.25, 0.3) is 11.1 Å². The SMILES string of the molecule is CC(C)OC/C=C/COc1ccc2c(c1)/C(=N/OC(C)(C)C)c1ccccc1-2. The Morgan fingerprint density at radius 3 is 2.29 bits per heavy atom. The third-order valence-corrected chi connectivity index (χ3v) is 4.17. The van der Waals surface area contributed by atoms with E-state index in [0.717, 1.165) is 28.2 Å². The van der Waals surface area contributed by atoms with Gasteiger partial charge in [-0.15, -0.1) is 0 Å². The van der Waals surface area contributed by atoms with Crippen LogP contribution in [0.4, 0.5) is 0 Å². The molecule has 1 aliphatic carbocycles. The highest BCUT2D eigenvalue weighted by atomic mass is 16.6. The van der Waals surface area contributed by atoms with Crippen LogP contribution in [-0.4, -0.2) is 30.6 Å². The number of hydrogen-bond donors (Lipinski definition) is 0. The van der Waals surface area contributed by atoms with E-state index in [1.165, 1.54) is 5.56 Å². The maximum atomic E-state index is 5.89. The van der Waals surface area contributed by atoms with Crippen LogP contribution in [0.15, 0.2) is 59.8 Å². The highest BCUT2D eigenvalue weighted by molar-refractivity contribution is 6.24. The topological polar surface area (TPSA) is 40.0 Å². The molecule has 0 atom stereocenters. The summed E-state index contributed by atoms with van der Waals surface area (Å²) in [6.07, 6.45) is 4.19. The van der Waals surface area contributed by atoms with E-state index >= 15 is 0 Å². The number of oxime groups is 1. The van der Waals surface area contributed by atoms with Gasteiger partial charge in [0.2, 0.25) is 0 Å². The molecule has 2 aromatic carbocycles. The third-order valence-electron chi connectivity index (χ3n) is 4.17. The zero-order valence-corrected chi connectivity index (χ0v) is 17.4. The second-order valence-electron chi connectivity index (χ2n) is 8.06. The minimum absolute atomic E-state index is 0.233. The van der Waals surface area contributed by atoms with E-state index in [4.69, 9.17) is 14.3 Å². The molecule has 3 rings (SSSR count). The lowest BCUT2D eigenvalue weighted by Gasteiger charge is -2.16. The highest BCUT2D eigenvalue weighted by Gasteiger charge is 2.26. The fourth-order valence-electron chi connectivity index (χ4n) is 2.92. The van der Waals surface area contributed by atoms with Gasteiger partial charge in [0.1, 0.15) is 23.7 Å². The van der Waals surface area contributed by atoms with E-state index in [0.29, 0.717) is 13.2 Å². The number of nitrogens with zero attached hydrogens (tertiary/aromatic N) is 1. The van der Waals surface area contributed by atoms with E-state index in [1.807, 2.05) is 71.0 Å². The molecule has 1 aliphatic rings. The Morgan fingerprint density at radius 1 is 0.893 bits per heavy atom. The Balaban J connectivity index is 1.79. The summed E-state index contributed by atoms with van der Waals surface area (Å²) in [5, 5.41) is 4.49. The number of fused-ring (bicyclic) bond motifs is 3. The number of hydrogen-bond acceptors (Lipinski definition) is 4. The van der Waals surface area contributed by atoms with Crippen molar-refractivity contribution < 1.29 is 14.3 Å². The lowest BCUT2D eigenvalue weighted by atomic mass is 10.1. The average molecular weight is 380 g/mol. The molecule has 0 amide bonds. The molecule has 0 aliphatic heterocycles. The summed E-state index contributed by atoms with van der Waals surface area (Å²) in [7, 11) is 0. The van der Waals surface area contributed by atoms with Crippen molar-refractivity contribution in [2.24, 2.45) is 5.16 Å². The smallest absolute Gasteiger partial charge is 0.129 e. The van der Waals surface area contributed by atoms with E-state index in [1.54, 1.807) is 0 Å². The summed E-state index contributed by atoms with van der Waals surface area (Å²) < 4.78 is 11.4. The van der Waals surface area contributed by atoms with Crippen molar-refractivity contribution in [2.45, 2.75) is 46.3 Å². The van der Waals surface area contributed by atoms with E-state index in [2.05, 4.69) is 23.4 Å². The van der Waals surface area contributed by atoms with Gasteiger partial charge in [-0.3, -0.25) is 0 Å². The molecule has 0 N–H and O–H groups in total. The molecule has 4 heteroatoms. The molecule has 0 unspecified atom stereocenters. The van der Waals surface area contributed by atoms with Gasteiger partial charge < -0.3 is 14.3 Å². The molecule has 0 fully saturated rings. The molecule has 0 spiro atoms. The molecule has 0 heterocycles. The van der Waals surface area contributed by atoms with E-state index in [-0.39, 0.29) is 11.7 Å². The van der Waals surface area contributed by atoms with Gasteiger partial charge >= 0.3 is 0 Å². The molecule has 148 valence electrons. The summed E-state index contributed by atoms with van der Waals surface area (Å²) >= 11 is 0. The quantitative estimate of drug-likeness (QED) is 0.396. The molecule has 0 saturated carbocycles. The zero-order chi connectivity index (χ0) is 20.1. The van der Waals surface area contributed by atoms with Gasteiger partial charge in [-0.05, 0) is 70.0 Å². The van der Waals surface area contributed by atoms with Gasteiger partial charge in [0.15, 0.2) is 0 Å². The third kappa shape index (κ3) is 5.02. The first-order valence-corrected chi connectivity index (χ1v) is 9.75. The maximum absolute atomic E-state index is 5.89. The second-order valence-corrected chi connectivity index (χ2v) is 8.06. The van der Waals surface area contributed by atoms with Gasteiger partial charge in [-0.1, -0.05) is 35.5 Å². The van der Waals surface area contributed by atoms with Crippen molar-refractivity contribution in [3.05, 3.63) is 65.7 Å². The molecule has 0 saturated heterocycles. The molecular weight excluding hydrogens is 350 g/mol. The Morgan fingerprint density at radius 2 is 1.57 bits per heavy atom. The Labute approximate surface area is 167 Å². The fraction of sp³-hybridized carbons (Fsp3) is 0.375. The molecule has 2 aromatic rings. The first-order chi connectivity index (χ1) is 13.3. The van der Waals surface area contributed by atoms with Crippen molar-refractivity contribution in [3.8, 4) is 16.9 Å². The van der Waals surface area contributed by atoms with Crippen molar-refractivity contribution >= 4 is 5.71 Å². The van der Waals surface area contributed by atoms with Crippen LogP contribution in [0.1, 0.15) is 45.7 Å². The summed E-state index contributed by atoms with van der Waals surface area (Å²) in [5.41, 5.74) is 4.96. The zero-order valence-electron chi connectivity index (χ0n) is 17.4. The van der Waals surface area contributed by atoms with Crippen molar-refractivity contribution in [1.82, 2.24) is 0 Å². The van der Waals surface area contributed by atoms with E-state index in [9.17, 15) is 0 Å². The summed E-state index contributed by atoms with van der Waals surface area (Å²) in [6, 6.07) is 14.4. The monoisotopic (exact) mass is 379 g/mol. The standard InChI is InChI=1S/C24H29NO3/c1-17(2)26-14-8-9-15-27-18-12-13-20-19-10-6-7-11-21(19)23(22(20)16-18)25-28-24(3,4)5/h6-13,16-17H,14-15H2,1-5H3/b9-8+,25-23+. The van der Waals surface area contributed by atoms with Gasteiger partial charge in [0.05, 0.1) is 12.7 Å². The van der Waals surface area contributed by atoms with Crippen LogP contribution in [-0.2, 0) is 9.57 Å². The normalized spacial score (nSPS) is 14.6. The molecular formula is C24H29NO3. The maximum Gasteiger partial charge on any atom is 0.129 e. The van der Waals surface area contributed by atoms with Crippen LogP contribution in [0.3, 0.4) is 0 Å². The lowest BCUT2D eigenvalue weighted by molar-refractivity contribution is 0.00121. The summed E-state index contributed by atoms with van der Waals surface area (Å²) in [5.74, 6) is 0.810. The summed E-state index contributed by atoms with van der Waals surface area (Å²) in [6.45, 7) is 11.1.